The van der Waals surface area contributed by atoms with Crippen molar-refractivity contribution in [1.29, 1.82) is 0 Å². The molecule has 2 heterocycles. The molecule has 3 aromatic rings. The second-order valence-corrected chi connectivity index (χ2v) is 9.52. The van der Waals surface area contributed by atoms with Crippen LogP contribution >= 0.6 is 38.6 Å². The van der Waals surface area contributed by atoms with Gasteiger partial charge in [0.25, 0.3) is 10.0 Å². The summed E-state index contributed by atoms with van der Waals surface area (Å²) in [4.78, 5) is 4.47. The van der Waals surface area contributed by atoms with Gasteiger partial charge in [0.2, 0.25) is 0 Å². The first kappa shape index (κ1) is 15.1. The lowest BCUT2D eigenvalue weighted by Crippen LogP contribution is -2.26. The van der Waals surface area contributed by atoms with E-state index in [9.17, 15) is 8.42 Å². The minimum atomic E-state index is -3.49. The molecule has 0 amide bonds. The van der Waals surface area contributed by atoms with E-state index >= 15 is 0 Å². The Balaban J connectivity index is 1.89. The van der Waals surface area contributed by atoms with E-state index in [1.54, 1.807) is 18.5 Å². The summed E-state index contributed by atoms with van der Waals surface area (Å²) in [6.07, 6.45) is 0. The van der Waals surface area contributed by atoms with Crippen LogP contribution in [-0.2, 0) is 16.6 Å². The zero-order chi connectivity index (χ0) is 15.0. The molecule has 0 atom stereocenters. The van der Waals surface area contributed by atoms with Crippen molar-refractivity contribution in [1.82, 2.24) is 9.29 Å². The van der Waals surface area contributed by atoms with Crippen LogP contribution in [0.15, 0.2) is 44.4 Å². The predicted octanol–water partition coefficient (Wildman–Crippen LogP) is 3.94. The van der Waals surface area contributed by atoms with Crippen molar-refractivity contribution < 1.29 is 8.42 Å². The largest absolute Gasteiger partial charge is 0.253 e. The summed E-state index contributed by atoms with van der Waals surface area (Å²) in [6.45, 7) is 0.270. The Bertz CT molecular complexity index is 853. The highest BCUT2D eigenvalue weighted by molar-refractivity contribution is 9.10. The molecule has 0 fully saturated rings. The fourth-order valence-electron chi connectivity index (χ4n) is 1.87. The monoisotopic (exact) mass is 402 g/mol. The number of hydrogen-bond acceptors (Lipinski definition) is 5. The number of para-hydroxylation sites is 1. The number of thiophene rings is 1. The minimum absolute atomic E-state index is 0.270. The summed E-state index contributed by atoms with van der Waals surface area (Å²) in [5.74, 6) is 0. The van der Waals surface area contributed by atoms with Gasteiger partial charge in [-0.15, -0.1) is 22.7 Å². The van der Waals surface area contributed by atoms with Gasteiger partial charge in [-0.25, -0.2) is 13.4 Å². The highest BCUT2D eigenvalue weighted by Crippen LogP contribution is 2.31. The molecule has 1 aromatic carbocycles. The number of nitrogens with zero attached hydrogens (tertiary/aromatic N) is 2. The average Bonchev–Trinajstić information content (AvgIpc) is 3.04. The van der Waals surface area contributed by atoms with Gasteiger partial charge >= 0.3 is 0 Å². The Morgan fingerprint density at radius 3 is 2.71 bits per heavy atom. The van der Waals surface area contributed by atoms with E-state index in [1.165, 1.54) is 27.0 Å². The number of thiazole rings is 1. The van der Waals surface area contributed by atoms with E-state index in [-0.39, 0.29) is 6.54 Å². The van der Waals surface area contributed by atoms with Gasteiger partial charge in [0.1, 0.15) is 9.22 Å². The van der Waals surface area contributed by atoms with Crippen LogP contribution in [0.25, 0.3) is 10.2 Å². The van der Waals surface area contributed by atoms with Crippen molar-refractivity contribution in [3.8, 4) is 0 Å². The molecule has 21 heavy (non-hydrogen) atoms. The molecule has 0 bridgehead atoms. The second-order valence-electron chi connectivity index (χ2n) is 4.39. The van der Waals surface area contributed by atoms with Crippen LogP contribution in [0.3, 0.4) is 0 Å². The van der Waals surface area contributed by atoms with E-state index in [1.807, 2.05) is 24.3 Å². The van der Waals surface area contributed by atoms with Crippen molar-refractivity contribution >= 4 is 58.8 Å². The van der Waals surface area contributed by atoms with Crippen molar-refractivity contribution in [2.24, 2.45) is 0 Å². The first-order chi connectivity index (χ1) is 9.98. The maximum absolute atomic E-state index is 12.5. The number of rotatable bonds is 4. The fourth-order valence-corrected chi connectivity index (χ4v) is 6.61. The van der Waals surface area contributed by atoms with E-state index in [2.05, 4.69) is 20.9 Å². The molecule has 0 aliphatic heterocycles. The molecule has 0 unspecified atom stereocenters. The van der Waals surface area contributed by atoms with Gasteiger partial charge in [-0.2, -0.15) is 4.31 Å². The number of hydrogen-bond donors (Lipinski definition) is 0. The molecule has 0 saturated carbocycles. The summed E-state index contributed by atoms with van der Waals surface area (Å²) in [5, 5.41) is 2.54. The smallest absolute Gasteiger partial charge is 0.240 e. The third kappa shape index (κ3) is 2.91. The quantitative estimate of drug-likeness (QED) is 0.663. The van der Waals surface area contributed by atoms with E-state index in [0.717, 1.165) is 15.2 Å². The van der Waals surface area contributed by atoms with Crippen molar-refractivity contribution in [3.05, 3.63) is 45.2 Å². The number of fused-ring (bicyclic) bond motifs is 1. The normalized spacial score (nSPS) is 12.3. The molecular weight excluding hydrogens is 392 g/mol. The second kappa shape index (κ2) is 5.77. The molecular formula is C13H11BrN2O2S3. The molecule has 0 aliphatic carbocycles. The fraction of sp³-hybridized carbons (Fsp3) is 0.154. The van der Waals surface area contributed by atoms with Gasteiger partial charge in [0, 0.05) is 11.5 Å². The number of aromatic nitrogens is 1. The zero-order valence-corrected chi connectivity index (χ0v) is 15.0. The summed E-state index contributed by atoms with van der Waals surface area (Å²) in [7, 11) is -1.91. The molecule has 110 valence electrons. The highest BCUT2D eigenvalue weighted by Gasteiger charge is 2.25. The maximum Gasteiger partial charge on any atom is 0.253 e. The SMILES string of the molecule is CN(Cc1nc2ccccc2s1)S(=O)(=O)c1sccc1Br. The van der Waals surface area contributed by atoms with Gasteiger partial charge in [-0.05, 0) is 39.5 Å². The third-order valence-corrected chi connectivity index (χ3v) is 8.40. The summed E-state index contributed by atoms with van der Waals surface area (Å²) < 4.78 is 28.4. The van der Waals surface area contributed by atoms with Crippen LogP contribution in [0.2, 0.25) is 0 Å². The first-order valence-electron chi connectivity index (χ1n) is 6.02. The highest BCUT2D eigenvalue weighted by atomic mass is 79.9. The topological polar surface area (TPSA) is 50.3 Å². The zero-order valence-electron chi connectivity index (χ0n) is 11.0. The van der Waals surface area contributed by atoms with Crippen LogP contribution in [0.5, 0.6) is 0 Å². The molecule has 0 spiro atoms. The first-order valence-corrected chi connectivity index (χ1v) is 9.95. The molecule has 0 radical (unpaired) electrons. The number of halogens is 1. The van der Waals surface area contributed by atoms with Crippen LogP contribution in [0.4, 0.5) is 0 Å². The lowest BCUT2D eigenvalue weighted by Gasteiger charge is -2.14. The molecule has 4 nitrogen and oxygen atoms in total. The maximum atomic E-state index is 12.5. The molecule has 0 N–H and O–H groups in total. The van der Waals surface area contributed by atoms with Crippen LogP contribution in [-0.4, -0.2) is 24.8 Å². The van der Waals surface area contributed by atoms with E-state index in [4.69, 9.17) is 0 Å². The Morgan fingerprint density at radius 2 is 2.05 bits per heavy atom. The molecule has 0 saturated heterocycles. The van der Waals surface area contributed by atoms with Gasteiger partial charge in [-0.3, -0.25) is 0 Å². The van der Waals surface area contributed by atoms with Gasteiger partial charge in [0.05, 0.1) is 16.8 Å². The van der Waals surface area contributed by atoms with Crippen LogP contribution in [0.1, 0.15) is 5.01 Å². The Morgan fingerprint density at radius 1 is 1.29 bits per heavy atom. The molecule has 3 rings (SSSR count). The Hall–Kier alpha value is -0.800. The van der Waals surface area contributed by atoms with Crippen LogP contribution < -0.4 is 0 Å². The van der Waals surface area contributed by atoms with Gasteiger partial charge in [0.15, 0.2) is 0 Å². The number of sulfonamides is 1. The summed E-state index contributed by atoms with van der Waals surface area (Å²) in [6, 6.07) is 9.53. The lowest BCUT2D eigenvalue weighted by molar-refractivity contribution is 0.467. The van der Waals surface area contributed by atoms with Crippen molar-refractivity contribution in [3.63, 3.8) is 0 Å². The van der Waals surface area contributed by atoms with Gasteiger partial charge in [-0.1, -0.05) is 12.1 Å². The van der Waals surface area contributed by atoms with Gasteiger partial charge < -0.3 is 0 Å². The lowest BCUT2D eigenvalue weighted by atomic mass is 10.3. The standard InChI is InChI=1S/C13H11BrN2O2S3/c1-16(21(17,18)13-9(14)6-7-19-13)8-12-15-10-4-2-3-5-11(10)20-12/h2-7H,8H2,1H3. The van der Waals surface area contributed by atoms with Crippen molar-refractivity contribution in [2.75, 3.05) is 7.05 Å². The summed E-state index contributed by atoms with van der Waals surface area (Å²) >= 11 is 6.00. The minimum Gasteiger partial charge on any atom is -0.240 e. The Kier molecular flexibility index (Phi) is 4.15. The van der Waals surface area contributed by atoms with Crippen molar-refractivity contribution in [2.45, 2.75) is 10.8 Å². The van der Waals surface area contributed by atoms with Crippen LogP contribution in [0, 0.1) is 0 Å². The predicted molar refractivity (Wildman–Crippen MR) is 90.3 cm³/mol. The number of benzene rings is 1. The summed E-state index contributed by atoms with van der Waals surface area (Å²) in [5.41, 5.74) is 0.903. The molecule has 8 heteroatoms. The van der Waals surface area contributed by atoms with E-state index < -0.39 is 10.0 Å². The Labute approximate surface area is 139 Å². The molecule has 0 aliphatic rings. The van der Waals surface area contributed by atoms with E-state index in [0.29, 0.717) is 8.68 Å². The average molecular weight is 403 g/mol. The molecule has 2 aromatic heterocycles. The third-order valence-electron chi connectivity index (χ3n) is 2.93.